The molecule has 1 heterocycles. The van der Waals surface area contributed by atoms with E-state index in [2.05, 4.69) is 15.2 Å². The molecule has 4 N–H and O–H groups in total. The number of carbonyl (C=O) groups is 1. The van der Waals surface area contributed by atoms with E-state index in [9.17, 15) is 9.90 Å². The van der Waals surface area contributed by atoms with Gasteiger partial charge in [0.2, 0.25) is 5.88 Å². The molecule has 4 aromatic rings. The molecule has 0 radical (unpaired) electrons. The molecule has 0 aliphatic rings. The van der Waals surface area contributed by atoms with Crippen LogP contribution in [0.5, 0.6) is 5.88 Å². The number of nitrogens with one attached hydrogen (secondary N) is 1. The summed E-state index contributed by atoms with van der Waals surface area (Å²) in [6, 6.07) is 18.3. The fourth-order valence-corrected chi connectivity index (χ4v) is 2.81. The summed E-state index contributed by atoms with van der Waals surface area (Å²) >= 11 is 0. The molecule has 0 fully saturated rings. The Morgan fingerprint density at radius 1 is 1.00 bits per heavy atom. The number of azo groups is 1. The fraction of sp³-hybridized carbons (Fsp3) is 0. The number of nitrogens with two attached hydrogens (primary N) is 1. The highest BCUT2D eigenvalue weighted by molar-refractivity contribution is 6.04. The van der Waals surface area contributed by atoms with Gasteiger partial charge in [-0.05, 0) is 29.0 Å². The number of para-hydroxylation sites is 1. The molecular formula is C19H14N4O2. The molecule has 0 bridgehead atoms. The number of nitrogen functional groups attached to an aromatic ring is 1. The number of aromatic nitrogens is 1. The lowest BCUT2D eigenvalue weighted by Crippen LogP contribution is -2.00. The van der Waals surface area contributed by atoms with Crippen LogP contribution >= 0.6 is 0 Å². The summed E-state index contributed by atoms with van der Waals surface area (Å²) in [6.45, 7) is 0. The maximum atomic E-state index is 12.4. The molecule has 0 aliphatic carbocycles. The number of rotatable bonds is 2. The minimum absolute atomic E-state index is 0.135. The Balaban J connectivity index is 1.73. The Bertz CT molecular complexity index is 1140. The largest absolute Gasteiger partial charge is 0.493 e. The molecule has 122 valence electrons. The van der Waals surface area contributed by atoms with Crippen molar-refractivity contribution in [1.29, 1.82) is 0 Å². The molecule has 3 aromatic carbocycles. The number of hydrogen-bond donors (Lipinski definition) is 3. The van der Waals surface area contributed by atoms with Crippen LogP contribution < -0.4 is 5.73 Å². The molecule has 0 spiro atoms. The number of benzene rings is 3. The first-order chi connectivity index (χ1) is 12.1. The second kappa shape index (κ2) is 5.76. The highest BCUT2D eigenvalue weighted by Gasteiger charge is 2.13. The van der Waals surface area contributed by atoms with Gasteiger partial charge in [0.15, 0.2) is 5.69 Å². The summed E-state index contributed by atoms with van der Waals surface area (Å²) in [4.78, 5) is 15.2. The Kier molecular flexibility index (Phi) is 3.43. The molecule has 4 rings (SSSR count). The zero-order chi connectivity index (χ0) is 17.4. The molecular weight excluding hydrogens is 316 g/mol. The van der Waals surface area contributed by atoms with Crippen molar-refractivity contribution < 1.29 is 9.90 Å². The van der Waals surface area contributed by atoms with Gasteiger partial charge in [0.05, 0.1) is 11.1 Å². The van der Waals surface area contributed by atoms with E-state index in [-0.39, 0.29) is 17.1 Å². The van der Waals surface area contributed by atoms with Crippen molar-refractivity contribution in [3.8, 4) is 5.88 Å². The average Bonchev–Trinajstić information content (AvgIpc) is 2.94. The van der Waals surface area contributed by atoms with Crippen LogP contribution in [0.25, 0.3) is 21.7 Å². The monoisotopic (exact) mass is 330 g/mol. The minimum Gasteiger partial charge on any atom is -0.493 e. The van der Waals surface area contributed by atoms with Crippen LogP contribution in [0, 0.1) is 0 Å². The third kappa shape index (κ3) is 2.59. The van der Waals surface area contributed by atoms with E-state index in [0.29, 0.717) is 16.6 Å². The maximum Gasteiger partial charge on any atom is 0.297 e. The van der Waals surface area contributed by atoms with Crippen LogP contribution in [0.1, 0.15) is 10.4 Å². The molecule has 0 saturated carbocycles. The van der Waals surface area contributed by atoms with Crippen LogP contribution in [0.2, 0.25) is 0 Å². The number of amides is 1. The van der Waals surface area contributed by atoms with Crippen LogP contribution in [0.3, 0.4) is 0 Å². The van der Waals surface area contributed by atoms with Gasteiger partial charge in [0.25, 0.3) is 5.91 Å². The predicted octanol–water partition coefficient (Wildman–Crippen LogP) is 4.53. The molecule has 0 unspecified atom stereocenters. The molecule has 1 amide bonds. The molecule has 6 heteroatoms. The lowest BCUT2D eigenvalue weighted by molar-refractivity contribution is 0.0996. The van der Waals surface area contributed by atoms with Crippen molar-refractivity contribution in [3.63, 3.8) is 0 Å². The number of H-pyrrole nitrogens is 1. The Morgan fingerprint density at radius 3 is 2.48 bits per heavy atom. The zero-order valence-corrected chi connectivity index (χ0v) is 13.1. The highest BCUT2D eigenvalue weighted by atomic mass is 16.3. The molecule has 0 saturated heterocycles. The number of hydrogen-bond acceptors (Lipinski definition) is 4. The summed E-state index contributed by atoms with van der Waals surface area (Å²) in [5.74, 6) is -0.697. The Labute approximate surface area is 142 Å². The highest BCUT2D eigenvalue weighted by Crippen LogP contribution is 2.35. The van der Waals surface area contributed by atoms with Crippen LogP contribution in [-0.4, -0.2) is 16.0 Å². The lowest BCUT2D eigenvalue weighted by atomic mass is 10.0. The second-order valence-electron chi connectivity index (χ2n) is 5.66. The molecule has 6 nitrogen and oxygen atoms in total. The van der Waals surface area contributed by atoms with Gasteiger partial charge in [-0.25, -0.2) is 0 Å². The van der Waals surface area contributed by atoms with Crippen LogP contribution in [0.15, 0.2) is 70.9 Å². The van der Waals surface area contributed by atoms with E-state index in [1.807, 2.05) is 36.4 Å². The van der Waals surface area contributed by atoms with Gasteiger partial charge in [0, 0.05) is 11.1 Å². The molecule has 0 atom stereocenters. The van der Waals surface area contributed by atoms with Gasteiger partial charge in [-0.2, -0.15) is 0 Å². The first-order valence-corrected chi connectivity index (χ1v) is 7.67. The SMILES string of the molecule is Nc1cc2ccccc2cc1C(=O)N=Nc1c(O)[nH]c2ccccc12. The quantitative estimate of drug-likeness (QED) is 0.371. The third-order valence-corrected chi connectivity index (χ3v) is 4.05. The molecule has 0 aliphatic heterocycles. The van der Waals surface area contributed by atoms with Crippen molar-refractivity contribution in [1.82, 2.24) is 4.98 Å². The van der Waals surface area contributed by atoms with E-state index in [4.69, 9.17) is 5.73 Å². The van der Waals surface area contributed by atoms with Crippen molar-refractivity contribution in [2.75, 3.05) is 5.73 Å². The average molecular weight is 330 g/mol. The van der Waals surface area contributed by atoms with E-state index >= 15 is 0 Å². The van der Waals surface area contributed by atoms with Gasteiger partial charge in [-0.1, -0.05) is 42.5 Å². The number of aromatic amines is 1. The van der Waals surface area contributed by atoms with E-state index in [0.717, 1.165) is 10.8 Å². The van der Waals surface area contributed by atoms with E-state index in [1.165, 1.54) is 0 Å². The van der Waals surface area contributed by atoms with E-state index < -0.39 is 5.91 Å². The first kappa shape index (κ1) is 14.9. The lowest BCUT2D eigenvalue weighted by Gasteiger charge is -2.04. The van der Waals surface area contributed by atoms with Crippen molar-refractivity contribution in [2.24, 2.45) is 10.2 Å². The summed E-state index contributed by atoms with van der Waals surface area (Å²) in [7, 11) is 0. The van der Waals surface area contributed by atoms with Gasteiger partial charge < -0.3 is 15.8 Å². The summed E-state index contributed by atoms with van der Waals surface area (Å²) < 4.78 is 0. The zero-order valence-electron chi connectivity index (χ0n) is 13.1. The molecule has 25 heavy (non-hydrogen) atoms. The van der Waals surface area contributed by atoms with Gasteiger partial charge in [0.1, 0.15) is 0 Å². The van der Waals surface area contributed by atoms with Crippen LogP contribution in [0.4, 0.5) is 11.4 Å². The number of fused-ring (bicyclic) bond motifs is 2. The number of carbonyl (C=O) groups excluding carboxylic acids is 1. The summed E-state index contributed by atoms with van der Waals surface area (Å²) in [5.41, 5.74) is 7.54. The van der Waals surface area contributed by atoms with Crippen molar-refractivity contribution in [3.05, 3.63) is 66.2 Å². The Morgan fingerprint density at radius 2 is 1.68 bits per heavy atom. The van der Waals surface area contributed by atoms with Gasteiger partial charge >= 0.3 is 0 Å². The standard InChI is InChI=1S/C19H14N4O2/c20-15-10-12-6-2-1-5-11(12)9-14(15)18(24)23-22-17-13-7-3-4-8-16(13)21-19(17)25/h1-10,21,25H,20H2. The van der Waals surface area contributed by atoms with Crippen molar-refractivity contribution >= 4 is 39.0 Å². The number of anilines is 1. The third-order valence-electron chi connectivity index (χ3n) is 4.05. The summed E-state index contributed by atoms with van der Waals surface area (Å²) in [6.07, 6.45) is 0. The second-order valence-corrected chi connectivity index (χ2v) is 5.66. The van der Waals surface area contributed by atoms with Gasteiger partial charge in [-0.15, -0.1) is 10.2 Å². The maximum absolute atomic E-state index is 12.4. The smallest absolute Gasteiger partial charge is 0.297 e. The van der Waals surface area contributed by atoms with Crippen LogP contribution in [-0.2, 0) is 0 Å². The number of nitrogens with zero attached hydrogens (tertiary/aromatic N) is 2. The van der Waals surface area contributed by atoms with E-state index in [1.54, 1.807) is 24.3 Å². The Hall–Kier alpha value is -3.67. The normalized spacial score (nSPS) is 11.5. The summed E-state index contributed by atoms with van der Waals surface area (Å²) in [5, 5.41) is 20.2. The van der Waals surface area contributed by atoms with Crippen molar-refractivity contribution in [2.45, 2.75) is 0 Å². The molecule has 1 aromatic heterocycles. The fourth-order valence-electron chi connectivity index (χ4n) is 2.81. The van der Waals surface area contributed by atoms with Gasteiger partial charge in [-0.3, -0.25) is 4.79 Å². The minimum atomic E-state index is -0.562. The topological polar surface area (TPSA) is 104 Å². The predicted molar refractivity (Wildman–Crippen MR) is 97.2 cm³/mol. The first-order valence-electron chi connectivity index (χ1n) is 7.67. The number of aromatic hydroxyl groups is 1.